The summed E-state index contributed by atoms with van der Waals surface area (Å²) in [6.07, 6.45) is -1.02. The number of carbonyl (C=O) groups is 3. The van der Waals surface area contributed by atoms with Gasteiger partial charge in [-0.1, -0.05) is 54.6 Å². The van der Waals surface area contributed by atoms with Gasteiger partial charge in [-0.3, -0.25) is 14.2 Å². The molecule has 0 unspecified atom stereocenters. The van der Waals surface area contributed by atoms with Gasteiger partial charge in [-0.05, 0) is 85.4 Å². The standard InChI is InChI=1S/C33H46NO10P/c1-31(2,3)40-28(35)20-26(29(36)34-27(21-39-30(34)37)25-13-11-10-12-14-25)19-23-15-17-24(18-16-23)22-45(38,43-41-32(4,5)6)44-42-33(7,8)9/h10-18,26-27H,19-22H2,1-9H3/t26-,27-/m1/s1. The second kappa shape index (κ2) is 14.6. The summed E-state index contributed by atoms with van der Waals surface area (Å²) in [6.45, 7) is 15.7. The fourth-order valence-corrected chi connectivity index (χ4v) is 5.77. The molecule has 1 saturated heterocycles. The quantitative estimate of drug-likeness (QED) is 0.0990. The van der Waals surface area contributed by atoms with Crippen molar-refractivity contribution in [1.82, 2.24) is 4.90 Å². The average Bonchev–Trinajstić information content (AvgIpc) is 3.31. The normalized spacial score (nSPS) is 16.8. The van der Waals surface area contributed by atoms with Crippen LogP contribution in [0, 0.1) is 5.92 Å². The fourth-order valence-electron chi connectivity index (χ4n) is 4.30. The highest BCUT2D eigenvalue weighted by atomic mass is 31.2. The van der Waals surface area contributed by atoms with Crippen molar-refractivity contribution in [3.05, 3.63) is 71.3 Å². The molecule has 1 aliphatic heterocycles. The predicted octanol–water partition coefficient (Wildman–Crippen LogP) is 7.48. The smallest absolute Gasteiger partial charge is 0.417 e. The number of hydrogen-bond acceptors (Lipinski definition) is 10. The minimum Gasteiger partial charge on any atom is -0.460 e. The number of carbonyl (C=O) groups excluding carboxylic acids is 3. The van der Waals surface area contributed by atoms with E-state index in [-0.39, 0.29) is 25.6 Å². The zero-order chi connectivity index (χ0) is 33.6. The molecule has 0 saturated carbocycles. The Labute approximate surface area is 265 Å². The van der Waals surface area contributed by atoms with Crippen LogP contribution in [0.3, 0.4) is 0 Å². The lowest BCUT2D eigenvalue weighted by Crippen LogP contribution is -2.40. The van der Waals surface area contributed by atoms with Gasteiger partial charge < -0.3 is 9.47 Å². The minimum atomic E-state index is -3.91. The third-order valence-corrected chi connectivity index (χ3v) is 7.52. The third kappa shape index (κ3) is 12.0. The van der Waals surface area contributed by atoms with Crippen molar-refractivity contribution >= 4 is 25.6 Å². The molecule has 1 fully saturated rings. The van der Waals surface area contributed by atoms with Gasteiger partial charge >= 0.3 is 19.7 Å². The van der Waals surface area contributed by atoms with E-state index in [9.17, 15) is 18.9 Å². The fraction of sp³-hybridized carbons (Fsp3) is 0.545. The number of cyclic esters (lactones) is 1. The first kappa shape index (κ1) is 36.4. The molecule has 2 aromatic carbocycles. The molecule has 0 spiro atoms. The van der Waals surface area contributed by atoms with Gasteiger partial charge in [-0.2, -0.15) is 0 Å². The van der Waals surface area contributed by atoms with Crippen molar-refractivity contribution in [2.45, 2.75) is 104 Å². The summed E-state index contributed by atoms with van der Waals surface area (Å²) in [7, 11) is -3.91. The van der Waals surface area contributed by atoms with Crippen LogP contribution in [0.5, 0.6) is 0 Å². The molecule has 0 aromatic heterocycles. The molecule has 45 heavy (non-hydrogen) atoms. The zero-order valence-electron chi connectivity index (χ0n) is 27.7. The Bertz CT molecular complexity index is 1340. The molecule has 0 aliphatic carbocycles. The zero-order valence-corrected chi connectivity index (χ0v) is 28.6. The van der Waals surface area contributed by atoms with E-state index in [0.29, 0.717) is 11.1 Å². The van der Waals surface area contributed by atoms with Crippen LogP contribution in [-0.4, -0.2) is 46.3 Å². The van der Waals surface area contributed by atoms with Crippen molar-refractivity contribution < 1.29 is 47.5 Å². The highest BCUT2D eigenvalue weighted by Crippen LogP contribution is 2.53. The van der Waals surface area contributed by atoms with Crippen LogP contribution in [0.1, 0.15) is 91.5 Å². The second-order valence-corrected chi connectivity index (χ2v) is 15.9. The average molecular weight is 648 g/mol. The van der Waals surface area contributed by atoms with E-state index in [2.05, 4.69) is 0 Å². The molecule has 1 heterocycles. The van der Waals surface area contributed by atoms with E-state index >= 15 is 0 Å². The Kier molecular flexibility index (Phi) is 11.8. The maximum atomic E-state index is 13.9. The highest BCUT2D eigenvalue weighted by Gasteiger charge is 2.42. The summed E-state index contributed by atoms with van der Waals surface area (Å²) < 4.78 is 34.9. The Balaban J connectivity index is 1.83. The monoisotopic (exact) mass is 647 g/mol. The largest absolute Gasteiger partial charge is 0.460 e. The van der Waals surface area contributed by atoms with E-state index in [1.807, 2.05) is 30.3 Å². The number of ether oxygens (including phenoxy) is 2. The Hall–Kier alpha value is -3.08. The van der Waals surface area contributed by atoms with Gasteiger partial charge in [-0.15, -0.1) is 9.35 Å². The summed E-state index contributed by atoms with van der Waals surface area (Å²) in [6, 6.07) is 15.4. The van der Waals surface area contributed by atoms with E-state index in [0.717, 1.165) is 10.5 Å². The Morgan fingerprint density at radius 2 is 1.38 bits per heavy atom. The summed E-state index contributed by atoms with van der Waals surface area (Å²) >= 11 is 0. The van der Waals surface area contributed by atoms with Gasteiger partial charge in [0.05, 0.1) is 29.7 Å². The number of benzene rings is 2. The highest BCUT2D eigenvalue weighted by molar-refractivity contribution is 7.52. The van der Waals surface area contributed by atoms with Gasteiger partial charge in [0.2, 0.25) is 5.91 Å². The van der Waals surface area contributed by atoms with Crippen molar-refractivity contribution in [2.24, 2.45) is 5.92 Å². The van der Waals surface area contributed by atoms with Gasteiger partial charge in [0.15, 0.2) is 0 Å². The first-order valence-corrected chi connectivity index (χ1v) is 16.6. The molecule has 248 valence electrons. The Morgan fingerprint density at radius 3 is 1.89 bits per heavy atom. The van der Waals surface area contributed by atoms with Crippen molar-refractivity contribution in [3.63, 3.8) is 0 Å². The first-order chi connectivity index (χ1) is 20.7. The van der Waals surface area contributed by atoms with E-state index < -0.39 is 54.3 Å². The topological polar surface area (TPSA) is 127 Å². The molecule has 12 heteroatoms. The first-order valence-electron chi connectivity index (χ1n) is 14.9. The molecule has 0 radical (unpaired) electrons. The van der Waals surface area contributed by atoms with Crippen LogP contribution in [0.25, 0.3) is 0 Å². The van der Waals surface area contributed by atoms with Gasteiger partial charge in [-0.25, -0.2) is 19.5 Å². The van der Waals surface area contributed by atoms with Gasteiger partial charge in [0.25, 0.3) is 0 Å². The second-order valence-electron chi connectivity index (χ2n) is 14.0. The predicted molar refractivity (Wildman–Crippen MR) is 167 cm³/mol. The lowest BCUT2D eigenvalue weighted by Gasteiger charge is -2.26. The van der Waals surface area contributed by atoms with E-state index in [1.165, 1.54) is 0 Å². The summed E-state index contributed by atoms with van der Waals surface area (Å²) in [5.41, 5.74) is -0.200. The van der Waals surface area contributed by atoms with Crippen molar-refractivity contribution in [1.29, 1.82) is 0 Å². The number of nitrogens with zero attached hydrogens (tertiary/aromatic N) is 1. The molecular weight excluding hydrogens is 601 g/mol. The number of amides is 2. The lowest BCUT2D eigenvalue weighted by molar-refractivity contribution is -0.326. The number of esters is 1. The summed E-state index contributed by atoms with van der Waals surface area (Å²) in [5, 5.41) is 0. The molecule has 2 amide bonds. The van der Waals surface area contributed by atoms with Crippen LogP contribution < -0.4 is 0 Å². The number of imide groups is 1. The molecule has 0 N–H and O–H groups in total. The maximum Gasteiger partial charge on any atom is 0.417 e. The van der Waals surface area contributed by atoms with Crippen molar-refractivity contribution in [2.75, 3.05) is 6.61 Å². The SMILES string of the molecule is CC(C)(C)OOP(=O)(Cc1ccc(C[C@H](CC(=O)OC(C)(C)C)C(=O)N2C(=O)OC[C@@H]2c2ccccc2)cc1)OOC(C)(C)C. The van der Waals surface area contributed by atoms with Gasteiger partial charge in [0, 0.05) is 0 Å². The van der Waals surface area contributed by atoms with Crippen LogP contribution in [0.2, 0.25) is 0 Å². The maximum absolute atomic E-state index is 13.9. The van der Waals surface area contributed by atoms with Crippen LogP contribution in [-0.2, 0) is 55.3 Å². The molecule has 0 bridgehead atoms. The van der Waals surface area contributed by atoms with Crippen molar-refractivity contribution in [3.8, 4) is 0 Å². The molecule has 3 rings (SSSR count). The molecular formula is C33H46NO10P. The Morgan fingerprint density at radius 1 is 0.844 bits per heavy atom. The van der Waals surface area contributed by atoms with E-state index in [4.69, 9.17) is 28.6 Å². The third-order valence-electron chi connectivity index (χ3n) is 6.16. The minimum absolute atomic E-state index is 0.0183. The van der Waals surface area contributed by atoms with Crippen LogP contribution in [0.4, 0.5) is 4.79 Å². The molecule has 2 atom stereocenters. The summed E-state index contributed by atoms with van der Waals surface area (Å²) in [5.74, 6) is -2.01. The molecule has 11 nitrogen and oxygen atoms in total. The van der Waals surface area contributed by atoms with Gasteiger partial charge in [0.1, 0.15) is 18.2 Å². The number of hydrogen-bond donors (Lipinski definition) is 0. The summed E-state index contributed by atoms with van der Waals surface area (Å²) in [4.78, 5) is 51.3. The van der Waals surface area contributed by atoms with Crippen LogP contribution >= 0.6 is 7.60 Å². The van der Waals surface area contributed by atoms with E-state index in [1.54, 1.807) is 86.6 Å². The number of rotatable bonds is 12. The molecule has 1 aliphatic rings. The molecule has 2 aromatic rings. The van der Waals surface area contributed by atoms with Crippen LogP contribution in [0.15, 0.2) is 54.6 Å². The lowest BCUT2D eigenvalue weighted by atomic mass is 9.93.